The lowest BCUT2D eigenvalue weighted by atomic mass is 10.6. The van der Waals surface area contributed by atoms with Gasteiger partial charge < -0.3 is 10.1 Å². The Bertz CT molecular complexity index is 143. The lowest BCUT2D eigenvalue weighted by Crippen LogP contribution is -2.29. The maximum atomic E-state index is 10.2. The molecule has 5 heteroatoms. The molecule has 0 saturated carbocycles. The summed E-state index contributed by atoms with van der Waals surface area (Å²) in [6.45, 7) is 0. The fraction of sp³-hybridized carbons (Fsp3) is 0.250. The highest BCUT2D eigenvalue weighted by molar-refractivity contribution is 6.35. The van der Waals surface area contributed by atoms with E-state index in [9.17, 15) is 9.59 Å². The normalized spacial score (nSPS) is 7.67. The number of carbonyl (C=O) groups excluding carboxylic acids is 2. The zero-order chi connectivity index (χ0) is 7.28. The fourth-order valence-electron chi connectivity index (χ4n) is 0.220. The molecule has 0 spiro atoms. The lowest BCUT2D eigenvalue weighted by Gasteiger charge is -1.95. The molecule has 50 valence electrons. The molecular weight excluding hydrogens is 124 g/mol. The monoisotopic (exact) mass is 130 g/mol. The van der Waals surface area contributed by atoms with Gasteiger partial charge in [-0.15, -0.1) is 0 Å². The Balaban J connectivity index is 3.73. The van der Waals surface area contributed by atoms with E-state index in [2.05, 4.69) is 4.74 Å². The highest BCUT2D eigenvalue weighted by Crippen LogP contribution is 1.70. The molecule has 0 aliphatic heterocycles. The van der Waals surface area contributed by atoms with Crippen LogP contribution in [-0.2, 0) is 14.3 Å². The van der Waals surface area contributed by atoms with Crippen LogP contribution in [0.5, 0.6) is 0 Å². The van der Waals surface area contributed by atoms with E-state index in [-0.39, 0.29) is 6.41 Å². The van der Waals surface area contributed by atoms with Crippen LogP contribution in [0.25, 0.3) is 0 Å². The first-order valence-electron chi connectivity index (χ1n) is 2.09. The molecule has 0 aromatic heterocycles. The van der Waals surface area contributed by atoms with Crippen LogP contribution in [0.2, 0.25) is 0 Å². The molecule has 0 bridgehead atoms. The van der Waals surface area contributed by atoms with Gasteiger partial charge in [-0.1, -0.05) is 0 Å². The first-order chi connectivity index (χ1) is 4.22. The Morgan fingerprint density at radius 2 is 2.33 bits per heavy atom. The molecule has 0 aromatic carbocycles. The van der Waals surface area contributed by atoms with Crippen molar-refractivity contribution in [3.63, 3.8) is 0 Å². The van der Waals surface area contributed by atoms with Crippen LogP contribution >= 0.6 is 0 Å². The van der Waals surface area contributed by atoms with Crippen molar-refractivity contribution < 1.29 is 14.3 Å². The predicted octanol–water partition coefficient (Wildman–Crippen LogP) is -1.12. The molecule has 2 N–H and O–H groups in total. The number of amidine groups is 1. The number of hydrogen-bond acceptors (Lipinski definition) is 4. The van der Waals surface area contributed by atoms with Crippen LogP contribution in [0.1, 0.15) is 0 Å². The van der Waals surface area contributed by atoms with Gasteiger partial charge in [-0.05, 0) is 0 Å². The molecule has 0 aliphatic carbocycles. The fourth-order valence-corrected chi connectivity index (χ4v) is 0.220. The third-order valence-electron chi connectivity index (χ3n) is 0.593. The van der Waals surface area contributed by atoms with E-state index in [1.54, 1.807) is 0 Å². The second kappa shape index (κ2) is 3.59. The van der Waals surface area contributed by atoms with Crippen LogP contribution in [0.4, 0.5) is 0 Å². The Hall–Kier alpha value is -1.39. The maximum Gasteiger partial charge on any atom is 0.373 e. The number of nitrogens with one attached hydrogen (secondary N) is 2. The highest BCUT2D eigenvalue weighted by atomic mass is 16.5. The van der Waals surface area contributed by atoms with Crippen molar-refractivity contribution in [3.8, 4) is 0 Å². The van der Waals surface area contributed by atoms with Gasteiger partial charge in [0.1, 0.15) is 0 Å². The summed E-state index contributed by atoms with van der Waals surface area (Å²) < 4.78 is 4.08. The van der Waals surface area contributed by atoms with Crippen molar-refractivity contribution in [2.24, 2.45) is 0 Å². The van der Waals surface area contributed by atoms with Crippen molar-refractivity contribution in [2.75, 3.05) is 7.11 Å². The van der Waals surface area contributed by atoms with Gasteiger partial charge in [0.15, 0.2) is 0 Å². The largest absolute Gasteiger partial charge is 0.463 e. The Morgan fingerprint density at radius 3 is 2.67 bits per heavy atom. The predicted molar refractivity (Wildman–Crippen MR) is 28.9 cm³/mol. The van der Waals surface area contributed by atoms with Crippen molar-refractivity contribution in [1.29, 1.82) is 5.41 Å². The molecular formula is C4H6N2O3. The molecule has 0 rings (SSSR count). The third-order valence-corrected chi connectivity index (χ3v) is 0.593. The van der Waals surface area contributed by atoms with E-state index in [0.717, 1.165) is 7.11 Å². The number of esters is 1. The topological polar surface area (TPSA) is 79.2 Å². The van der Waals surface area contributed by atoms with E-state index in [1.165, 1.54) is 0 Å². The average molecular weight is 130 g/mol. The van der Waals surface area contributed by atoms with Crippen LogP contribution in [-0.4, -0.2) is 25.3 Å². The second-order valence-electron chi connectivity index (χ2n) is 1.13. The molecule has 0 unspecified atom stereocenters. The molecule has 1 amide bonds. The number of hydrogen-bond donors (Lipinski definition) is 2. The van der Waals surface area contributed by atoms with Gasteiger partial charge in [0.2, 0.25) is 12.2 Å². The van der Waals surface area contributed by atoms with Crippen LogP contribution in [0.15, 0.2) is 0 Å². The quantitative estimate of drug-likeness (QED) is 0.204. The van der Waals surface area contributed by atoms with E-state index in [4.69, 9.17) is 5.41 Å². The van der Waals surface area contributed by atoms with Crippen molar-refractivity contribution in [3.05, 3.63) is 0 Å². The summed E-state index contributed by atoms with van der Waals surface area (Å²) in [6, 6.07) is 0. The van der Waals surface area contributed by atoms with Gasteiger partial charge in [-0.2, -0.15) is 0 Å². The summed E-state index contributed by atoms with van der Waals surface area (Å²) in [7, 11) is 1.13. The smallest absolute Gasteiger partial charge is 0.373 e. The van der Waals surface area contributed by atoms with Crippen molar-refractivity contribution in [1.82, 2.24) is 5.32 Å². The first kappa shape index (κ1) is 7.61. The minimum absolute atomic E-state index is 0.235. The molecule has 0 aliphatic rings. The van der Waals surface area contributed by atoms with E-state index < -0.39 is 11.8 Å². The Kier molecular flexibility index (Phi) is 3.04. The summed E-state index contributed by atoms with van der Waals surface area (Å²) >= 11 is 0. The van der Waals surface area contributed by atoms with Gasteiger partial charge in [0, 0.05) is 0 Å². The molecule has 9 heavy (non-hydrogen) atoms. The zero-order valence-electron chi connectivity index (χ0n) is 4.80. The summed E-state index contributed by atoms with van der Waals surface area (Å²) in [4.78, 5) is 19.8. The number of ether oxygens (including phenoxy) is 1. The minimum Gasteiger partial charge on any atom is -0.463 e. The molecule has 5 nitrogen and oxygen atoms in total. The van der Waals surface area contributed by atoms with Gasteiger partial charge in [-0.25, -0.2) is 4.79 Å². The first-order valence-corrected chi connectivity index (χ1v) is 2.09. The van der Waals surface area contributed by atoms with Crippen LogP contribution in [0.3, 0.4) is 0 Å². The van der Waals surface area contributed by atoms with Gasteiger partial charge in [0.05, 0.1) is 7.11 Å². The lowest BCUT2D eigenvalue weighted by molar-refractivity contribution is -0.133. The van der Waals surface area contributed by atoms with Gasteiger partial charge in [-0.3, -0.25) is 10.2 Å². The van der Waals surface area contributed by atoms with E-state index in [1.807, 2.05) is 5.32 Å². The van der Waals surface area contributed by atoms with Gasteiger partial charge in [0.25, 0.3) is 0 Å². The summed E-state index contributed by atoms with van der Waals surface area (Å²) in [5.41, 5.74) is 0. The minimum atomic E-state index is -0.859. The number of methoxy groups -OCH3 is 1. The van der Waals surface area contributed by atoms with Crippen LogP contribution in [0, 0.1) is 5.41 Å². The molecule has 0 fully saturated rings. The molecule has 0 atom stereocenters. The third kappa shape index (κ3) is 2.43. The Labute approximate surface area is 51.5 Å². The van der Waals surface area contributed by atoms with Gasteiger partial charge >= 0.3 is 5.97 Å². The van der Waals surface area contributed by atoms with E-state index in [0.29, 0.717) is 0 Å². The van der Waals surface area contributed by atoms with E-state index >= 15 is 0 Å². The summed E-state index contributed by atoms with van der Waals surface area (Å²) in [6.07, 6.45) is 0.235. The average Bonchev–Trinajstić information content (AvgIpc) is 1.87. The number of amides is 1. The molecule has 0 saturated heterocycles. The Morgan fingerprint density at radius 1 is 1.78 bits per heavy atom. The molecule has 0 aromatic rings. The summed E-state index contributed by atoms with van der Waals surface area (Å²) in [5.74, 6) is -1.42. The number of rotatable bonds is 1. The second-order valence-corrected chi connectivity index (χ2v) is 1.13. The summed E-state index contributed by atoms with van der Waals surface area (Å²) in [5, 5.41) is 8.50. The maximum absolute atomic E-state index is 10.2. The SMILES string of the molecule is COC(=O)C(=N)NC=O. The van der Waals surface area contributed by atoms with Crippen LogP contribution < -0.4 is 5.32 Å². The van der Waals surface area contributed by atoms with Crippen molar-refractivity contribution in [2.45, 2.75) is 0 Å². The molecule has 0 heterocycles. The highest BCUT2D eigenvalue weighted by Gasteiger charge is 2.05. The van der Waals surface area contributed by atoms with Crippen molar-refractivity contribution >= 4 is 18.2 Å². The number of carbonyl (C=O) groups is 2. The zero-order valence-corrected chi connectivity index (χ0v) is 4.80. The molecule has 0 radical (unpaired) electrons. The standard InChI is InChI=1S/C4H6N2O3/c1-9-4(8)3(5)6-2-7/h2H,1H3,(H2,5,6,7).